The van der Waals surface area contributed by atoms with Crippen molar-refractivity contribution in [3.8, 4) is 0 Å². The van der Waals surface area contributed by atoms with E-state index in [-0.39, 0.29) is 5.38 Å². The summed E-state index contributed by atoms with van der Waals surface area (Å²) >= 11 is 6.10. The van der Waals surface area contributed by atoms with Gasteiger partial charge in [-0.25, -0.2) is 0 Å². The fraction of sp³-hybridized carbons (Fsp3) is 0.818. The number of hydrogen-bond acceptors (Lipinski definition) is 1. The molecule has 0 saturated carbocycles. The zero-order valence-electron chi connectivity index (χ0n) is 8.55. The molecule has 0 aliphatic heterocycles. The maximum atomic E-state index is 6.10. The first-order chi connectivity index (χ1) is 6.18. The minimum Gasteiger partial charge on any atom is -0.374 e. The molecule has 0 bridgehead atoms. The Morgan fingerprint density at radius 1 is 1.54 bits per heavy atom. The summed E-state index contributed by atoms with van der Waals surface area (Å²) in [5, 5.41) is 0.230. The third-order valence-corrected chi connectivity index (χ3v) is 2.59. The van der Waals surface area contributed by atoms with Gasteiger partial charge in [0.05, 0.1) is 18.1 Å². The average molecular weight is 203 g/mol. The second-order valence-electron chi connectivity index (χ2n) is 3.95. The molecule has 1 aliphatic rings. The van der Waals surface area contributed by atoms with Crippen LogP contribution in [0.25, 0.3) is 0 Å². The number of ether oxygens (including phenoxy) is 1. The summed E-state index contributed by atoms with van der Waals surface area (Å²) < 4.78 is 5.56. The second kappa shape index (κ2) is 5.66. The van der Waals surface area contributed by atoms with Crippen LogP contribution in [0.3, 0.4) is 0 Å². The van der Waals surface area contributed by atoms with E-state index in [2.05, 4.69) is 19.9 Å². The Morgan fingerprint density at radius 2 is 2.31 bits per heavy atom. The van der Waals surface area contributed by atoms with Gasteiger partial charge < -0.3 is 4.74 Å². The van der Waals surface area contributed by atoms with Gasteiger partial charge in [-0.1, -0.05) is 12.5 Å². The zero-order valence-corrected chi connectivity index (χ0v) is 9.31. The van der Waals surface area contributed by atoms with Gasteiger partial charge in [0.2, 0.25) is 0 Å². The maximum Gasteiger partial charge on any atom is 0.0680 e. The van der Waals surface area contributed by atoms with Crippen molar-refractivity contribution in [2.45, 2.75) is 51.0 Å². The molecular formula is C11H19ClO. The molecule has 0 spiro atoms. The van der Waals surface area contributed by atoms with Gasteiger partial charge in [-0.05, 0) is 38.7 Å². The minimum absolute atomic E-state index is 0.230. The number of allylic oxidation sites excluding steroid dienone is 1. The largest absolute Gasteiger partial charge is 0.374 e. The topological polar surface area (TPSA) is 9.23 Å². The van der Waals surface area contributed by atoms with Gasteiger partial charge in [0.1, 0.15) is 0 Å². The quantitative estimate of drug-likeness (QED) is 0.503. The molecule has 0 heterocycles. The highest BCUT2D eigenvalue weighted by Gasteiger charge is 2.09. The van der Waals surface area contributed by atoms with Gasteiger partial charge >= 0.3 is 0 Å². The van der Waals surface area contributed by atoms with Crippen LogP contribution < -0.4 is 0 Å². The van der Waals surface area contributed by atoms with Crippen molar-refractivity contribution in [3.63, 3.8) is 0 Å². The molecule has 1 atom stereocenters. The van der Waals surface area contributed by atoms with Crippen LogP contribution in [0.1, 0.15) is 39.5 Å². The monoisotopic (exact) mass is 202 g/mol. The zero-order chi connectivity index (χ0) is 9.68. The first kappa shape index (κ1) is 11.1. The highest BCUT2D eigenvalue weighted by atomic mass is 35.5. The van der Waals surface area contributed by atoms with Crippen molar-refractivity contribution in [2.75, 3.05) is 6.61 Å². The fourth-order valence-corrected chi connectivity index (χ4v) is 1.84. The van der Waals surface area contributed by atoms with E-state index in [1.54, 1.807) is 0 Å². The molecule has 1 unspecified atom stereocenters. The van der Waals surface area contributed by atoms with Gasteiger partial charge in [-0.15, -0.1) is 11.6 Å². The van der Waals surface area contributed by atoms with Crippen molar-refractivity contribution >= 4 is 11.6 Å². The maximum absolute atomic E-state index is 6.10. The lowest BCUT2D eigenvalue weighted by molar-refractivity contribution is 0.0956. The van der Waals surface area contributed by atoms with Crippen LogP contribution in [0, 0.1) is 0 Å². The lowest BCUT2D eigenvalue weighted by Crippen LogP contribution is -2.06. The fourth-order valence-electron chi connectivity index (χ4n) is 1.51. The second-order valence-corrected chi connectivity index (χ2v) is 4.51. The first-order valence-corrected chi connectivity index (χ1v) is 5.57. The summed E-state index contributed by atoms with van der Waals surface area (Å²) in [7, 11) is 0. The van der Waals surface area contributed by atoms with Crippen molar-refractivity contribution < 1.29 is 4.74 Å². The third-order valence-electron chi connectivity index (χ3n) is 2.25. The summed E-state index contributed by atoms with van der Waals surface area (Å²) in [6, 6.07) is 0. The Balaban J connectivity index is 2.37. The molecule has 0 fully saturated rings. The molecule has 0 aromatic rings. The Kier molecular flexibility index (Phi) is 4.82. The number of rotatable bonds is 3. The summed E-state index contributed by atoms with van der Waals surface area (Å²) in [6.07, 6.45) is 7.28. The van der Waals surface area contributed by atoms with Gasteiger partial charge in [0.15, 0.2) is 0 Å². The molecule has 0 N–H and O–H groups in total. The predicted molar refractivity (Wildman–Crippen MR) is 57.3 cm³/mol. The van der Waals surface area contributed by atoms with Crippen LogP contribution in [0.2, 0.25) is 0 Å². The third kappa shape index (κ3) is 4.68. The van der Waals surface area contributed by atoms with E-state index in [0.29, 0.717) is 6.10 Å². The number of hydrogen-bond donors (Lipinski definition) is 0. The van der Waals surface area contributed by atoms with Gasteiger partial charge in [0, 0.05) is 0 Å². The van der Waals surface area contributed by atoms with Crippen LogP contribution in [0.15, 0.2) is 11.6 Å². The molecule has 0 aromatic heterocycles. The van der Waals surface area contributed by atoms with Crippen molar-refractivity contribution in [1.29, 1.82) is 0 Å². The molecule has 0 radical (unpaired) electrons. The van der Waals surface area contributed by atoms with Crippen molar-refractivity contribution in [2.24, 2.45) is 0 Å². The standard InChI is InChI=1S/C11H19ClO/c1-9(2)13-8-10-5-3-4-6-11(12)7-10/h7,9,11H,3-6,8H2,1-2H3. The molecule has 1 nitrogen and oxygen atoms in total. The molecule has 76 valence electrons. The lowest BCUT2D eigenvalue weighted by Gasteiger charge is -2.10. The van der Waals surface area contributed by atoms with Crippen LogP contribution in [-0.4, -0.2) is 18.1 Å². The van der Waals surface area contributed by atoms with E-state index in [0.717, 1.165) is 19.4 Å². The Hall–Kier alpha value is -0.0100. The number of alkyl halides is 1. The SMILES string of the molecule is CC(C)OCC1=CC(Cl)CCCC1. The Bertz CT molecular complexity index is 175. The Labute approximate surface area is 86.1 Å². The molecule has 0 saturated heterocycles. The van der Waals surface area contributed by atoms with E-state index < -0.39 is 0 Å². The number of halogens is 1. The van der Waals surface area contributed by atoms with E-state index in [9.17, 15) is 0 Å². The molecule has 1 aliphatic carbocycles. The smallest absolute Gasteiger partial charge is 0.0680 e. The molecule has 13 heavy (non-hydrogen) atoms. The van der Waals surface area contributed by atoms with Crippen molar-refractivity contribution in [3.05, 3.63) is 11.6 Å². The van der Waals surface area contributed by atoms with E-state index >= 15 is 0 Å². The summed E-state index contributed by atoms with van der Waals surface area (Å²) in [4.78, 5) is 0. The van der Waals surface area contributed by atoms with Gasteiger partial charge in [0.25, 0.3) is 0 Å². The summed E-state index contributed by atoms with van der Waals surface area (Å²) in [5.41, 5.74) is 1.38. The normalized spacial score (nSPS) is 24.3. The summed E-state index contributed by atoms with van der Waals surface area (Å²) in [6.45, 7) is 4.89. The minimum atomic E-state index is 0.230. The van der Waals surface area contributed by atoms with Crippen LogP contribution in [0.4, 0.5) is 0 Å². The molecule has 0 aromatic carbocycles. The molecule has 1 rings (SSSR count). The highest BCUT2D eigenvalue weighted by Crippen LogP contribution is 2.21. The average Bonchev–Trinajstić information content (AvgIpc) is 2.26. The highest BCUT2D eigenvalue weighted by molar-refractivity contribution is 6.21. The van der Waals surface area contributed by atoms with E-state index in [1.807, 2.05) is 0 Å². The van der Waals surface area contributed by atoms with Crippen LogP contribution in [-0.2, 0) is 4.74 Å². The lowest BCUT2D eigenvalue weighted by atomic mass is 10.1. The first-order valence-electron chi connectivity index (χ1n) is 5.13. The predicted octanol–water partition coefficient (Wildman–Crippen LogP) is 3.52. The Morgan fingerprint density at radius 3 is 3.00 bits per heavy atom. The van der Waals surface area contributed by atoms with Gasteiger partial charge in [-0.3, -0.25) is 0 Å². The molecule has 0 amide bonds. The molecular weight excluding hydrogens is 184 g/mol. The molecule has 2 heteroatoms. The van der Waals surface area contributed by atoms with Crippen LogP contribution >= 0.6 is 11.6 Å². The van der Waals surface area contributed by atoms with Crippen LogP contribution in [0.5, 0.6) is 0 Å². The summed E-state index contributed by atoms with van der Waals surface area (Å²) in [5.74, 6) is 0. The van der Waals surface area contributed by atoms with E-state index in [4.69, 9.17) is 16.3 Å². The van der Waals surface area contributed by atoms with E-state index in [1.165, 1.54) is 18.4 Å². The van der Waals surface area contributed by atoms with Crippen molar-refractivity contribution in [1.82, 2.24) is 0 Å². The van der Waals surface area contributed by atoms with Gasteiger partial charge in [-0.2, -0.15) is 0 Å².